The number of non-ortho nitro benzene ring substituents is 1. The predicted octanol–water partition coefficient (Wildman–Crippen LogP) is 3.81. The van der Waals surface area contributed by atoms with E-state index in [0.29, 0.717) is 18.1 Å². The van der Waals surface area contributed by atoms with Gasteiger partial charge in [0.15, 0.2) is 0 Å². The second-order valence-corrected chi connectivity index (χ2v) is 7.99. The van der Waals surface area contributed by atoms with Crippen molar-refractivity contribution in [3.05, 3.63) is 82.0 Å². The van der Waals surface area contributed by atoms with Gasteiger partial charge in [0.2, 0.25) is 5.91 Å². The van der Waals surface area contributed by atoms with Gasteiger partial charge in [0.25, 0.3) is 5.69 Å². The van der Waals surface area contributed by atoms with Crippen LogP contribution in [0.5, 0.6) is 0 Å². The lowest BCUT2D eigenvalue weighted by Gasteiger charge is -2.14. The second-order valence-electron chi connectivity index (χ2n) is 7.99. The zero-order chi connectivity index (χ0) is 21.7. The molecule has 1 aromatic heterocycles. The maximum atomic E-state index is 12.5. The monoisotopic (exact) mass is 407 g/mol. The highest BCUT2D eigenvalue weighted by atomic mass is 16.6. The average molecular weight is 407 g/mol. The SMILES string of the molecule is CC(C)(C)c1cc(NC(=O)CNCc2ccccc2)n(-c2ccc([N+](=O)[O-])cc2)n1. The quantitative estimate of drug-likeness (QED) is 0.458. The maximum Gasteiger partial charge on any atom is 0.269 e. The lowest BCUT2D eigenvalue weighted by Crippen LogP contribution is -2.28. The highest BCUT2D eigenvalue weighted by Gasteiger charge is 2.21. The third-order valence-corrected chi connectivity index (χ3v) is 4.51. The standard InChI is InChI=1S/C22H25N5O3/c1-22(2,3)19-13-20(24-21(28)15-23-14-16-7-5-4-6-8-16)26(25-19)17-9-11-18(12-10-17)27(29)30/h4-13,23H,14-15H2,1-3H3,(H,24,28). The number of nitro benzene ring substituents is 1. The molecule has 8 heteroatoms. The van der Waals surface area contributed by atoms with Crippen molar-refractivity contribution in [3.63, 3.8) is 0 Å². The molecule has 3 rings (SSSR count). The minimum absolute atomic E-state index is 0.00218. The summed E-state index contributed by atoms with van der Waals surface area (Å²) in [6, 6.07) is 17.7. The molecular formula is C22H25N5O3. The molecule has 8 nitrogen and oxygen atoms in total. The second kappa shape index (κ2) is 8.87. The third kappa shape index (κ3) is 5.30. The van der Waals surface area contributed by atoms with Crippen molar-refractivity contribution >= 4 is 17.4 Å². The van der Waals surface area contributed by atoms with E-state index in [9.17, 15) is 14.9 Å². The summed E-state index contributed by atoms with van der Waals surface area (Å²) in [6.07, 6.45) is 0. The van der Waals surface area contributed by atoms with Gasteiger partial charge in [0.05, 0.1) is 22.8 Å². The van der Waals surface area contributed by atoms with Crippen molar-refractivity contribution in [3.8, 4) is 5.69 Å². The summed E-state index contributed by atoms with van der Waals surface area (Å²) in [7, 11) is 0. The van der Waals surface area contributed by atoms with Gasteiger partial charge in [-0.1, -0.05) is 51.1 Å². The van der Waals surface area contributed by atoms with Gasteiger partial charge in [0.1, 0.15) is 5.82 Å². The number of rotatable bonds is 7. The first-order chi connectivity index (χ1) is 14.2. The van der Waals surface area contributed by atoms with Crippen molar-refractivity contribution in [2.24, 2.45) is 0 Å². The Balaban J connectivity index is 1.76. The molecule has 0 aliphatic rings. The summed E-state index contributed by atoms with van der Waals surface area (Å²) < 4.78 is 1.60. The molecular weight excluding hydrogens is 382 g/mol. The van der Waals surface area contributed by atoms with Gasteiger partial charge in [-0.2, -0.15) is 5.10 Å². The van der Waals surface area contributed by atoms with Crippen LogP contribution in [-0.4, -0.2) is 27.2 Å². The predicted molar refractivity (Wildman–Crippen MR) is 116 cm³/mol. The summed E-state index contributed by atoms with van der Waals surface area (Å²) >= 11 is 0. The van der Waals surface area contributed by atoms with Crippen LogP contribution in [0.1, 0.15) is 32.0 Å². The number of amides is 1. The number of hydrogen-bond acceptors (Lipinski definition) is 5. The van der Waals surface area contributed by atoms with Crippen molar-refractivity contribution in [2.45, 2.75) is 32.7 Å². The largest absolute Gasteiger partial charge is 0.309 e. The highest BCUT2D eigenvalue weighted by molar-refractivity contribution is 5.91. The van der Waals surface area contributed by atoms with E-state index in [4.69, 9.17) is 0 Å². The molecule has 0 saturated carbocycles. The Bertz CT molecular complexity index is 1020. The van der Waals surface area contributed by atoms with Crippen LogP contribution in [0.25, 0.3) is 5.69 Å². The van der Waals surface area contributed by atoms with Gasteiger partial charge in [0, 0.05) is 30.2 Å². The van der Waals surface area contributed by atoms with Gasteiger partial charge in [-0.25, -0.2) is 4.68 Å². The van der Waals surface area contributed by atoms with E-state index >= 15 is 0 Å². The fraction of sp³-hybridized carbons (Fsp3) is 0.273. The molecule has 30 heavy (non-hydrogen) atoms. The van der Waals surface area contributed by atoms with Crippen LogP contribution < -0.4 is 10.6 Å². The van der Waals surface area contributed by atoms with E-state index in [0.717, 1.165) is 11.3 Å². The number of aromatic nitrogens is 2. The molecule has 0 saturated heterocycles. The van der Waals surface area contributed by atoms with Crippen LogP contribution in [0.4, 0.5) is 11.5 Å². The van der Waals surface area contributed by atoms with Crippen LogP contribution in [0.15, 0.2) is 60.7 Å². The van der Waals surface area contributed by atoms with Gasteiger partial charge in [-0.05, 0) is 17.7 Å². The molecule has 0 unspecified atom stereocenters. The minimum atomic E-state index is -0.450. The molecule has 1 heterocycles. The van der Waals surface area contributed by atoms with Crippen molar-refractivity contribution in [1.82, 2.24) is 15.1 Å². The molecule has 0 spiro atoms. The van der Waals surface area contributed by atoms with Crippen molar-refractivity contribution in [1.29, 1.82) is 0 Å². The molecule has 0 aliphatic heterocycles. The van der Waals surface area contributed by atoms with E-state index in [2.05, 4.69) is 15.7 Å². The van der Waals surface area contributed by atoms with E-state index in [-0.39, 0.29) is 23.6 Å². The number of carbonyl (C=O) groups is 1. The Hall–Kier alpha value is -3.52. The van der Waals surface area contributed by atoms with Gasteiger partial charge in [-0.3, -0.25) is 14.9 Å². The zero-order valence-electron chi connectivity index (χ0n) is 17.3. The maximum absolute atomic E-state index is 12.5. The smallest absolute Gasteiger partial charge is 0.269 e. The molecule has 0 aliphatic carbocycles. The number of benzene rings is 2. The van der Waals surface area contributed by atoms with Gasteiger partial charge in [-0.15, -0.1) is 0 Å². The Morgan fingerprint density at radius 2 is 1.77 bits per heavy atom. The Morgan fingerprint density at radius 1 is 1.10 bits per heavy atom. The van der Waals surface area contributed by atoms with Crippen LogP contribution in [0, 0.1) is 10.1 Å². The molecule has 156 valence electrons. The van der Waals surface area contributed by atoms with E-state index in [1.54, 1.807) is 16.8 Å². The highest BCUT2D eigenvalue weighted by Crippen LogP contribution is 2.27. The number of nitro groups is 1. The van der Waals surface area contributed by atoms with Crippen molar-refractivity contribution in [2.75, 3.05) is 11.9 Å². The normalized spacial score (nSPS) is 11.3. The molecule has 0 fully saturated rings. The summed E-state index contributed by atoms with van der Waals surface area (Å²) in [5.74, 6) is 0.315. The van der Waals surface area contributed by atoms with E-state index in [1.807, 2.05) is 57.2 Å². The van der Waals surface area contributed by atoms with Crippen LogP contribution in [0.3, 0.4) is 0 Å². The molecule has 0 atom stereocenters. The first-order valence-corrected chi connectivity index (χ1v) is 9.64. The molecule has 0 bridgehead atoms. The van der Waals surface area contributed by atoms with E-state index < -0.39 is 4.92 Å². The van der Waals surface area contributed by atoms with Crippen LogP contribution >= 0.6 is 0 Å². The van der Waals surface area contributed by atoms with E-state index in [1.165, 1.54) is 12.1 Å². The zero-order valence-corrected chi connectivity index (χ0v) is 17.3. The minimum Gasteiger partial charge on any atom is -0.309 e. The van der Waals surface area contributed by atoms with Crippen molar-refractivity contribution < 1.29 is 9.72 Å². The third-order valence-electron chi connectivity index (χ3n) is 4.51. The summed E-state index contributed by atoms with van der Waals surface area (Å²) in [4.78, 5) is 23.0. The molecule has 3 aromatic rings. The topological polar surface area (TPSA) is 102 Å². The Kier molecular flexibility index (Phi) is 6.27. The molecule has 1 amide bonds. The van der Waals surface area contributed by atoms with Gasteiger partial charge >= 0.3 is 0 Å². The number of anilines is 1. The summed E-state index contributed by atoms with van der Waals surface area (Å²) in [5.41, 5.74) is 2.29. The van der Waals surface area contributed by atoms with Crippen LogP contribution in [0.2, 0.25) is 0 Å². The first kappa shape index (κ1) is 21.2. The lowest BCUT2D eigenvalue weighted by atomic mass is 9.92. The lowest BCUT2D eigenvalue weighted by molar-refractivity contribution is -0.384. The molecule has 2 N–H and O–H groups in total. The molecule has 2 aromatic carbocycles. The fourth-order valence-electron chi connectivity index (χ4n) is 2.85. The fourth-order valence-corrected chi connectivity index (χ4v) is 2.85. The average Bonchev–Trinajstić information content (AvgIpc) is 3.13. The van der Waals surface area contributed by atoms with Crippen LogP contribution in [-0.2, 0) is 16.8 Å². The Morgan fingerprint density at radius 3 is 2.37 bits per heavy atom. The number of hydrogen-bond donors (Lipinski definition) is 2. The number of nitrogens with zero attached hydrogens (tertiary/aromatic N) is 3. The van der Waals surface area contributed by atoms with Gasteiger partial charge < -0.3 is 10.6 Å². The number of carbonyl (C=O) groups excluding carboxylic acids is 1. The first-order valence-electron chi connectivity index (χ1n) is 9.64. The molecule has 0 radical (unpaired) electrons. The summed E-state index contributed by atoms with van der Waals surface area (Å²) in [6.45, 7) is 6.82. The number of nitrogens with one attached hydrogen (secondary N) is 2. The Labute approximate surface area is 175 Å². The summed E-state index contributed by atoms with van der Waals surface area (Å²) in [5, 5.41) is 21.5.